The molecule has 1 fully saturated rings. The van der Waals surface area contributed by atoms with Gasteiger partial charge in [-0.3, -0.25) is 24.1 Å². The molecule has 1 aromatic carbocycles. The lowest BCUT2D eigenvalue weighted by molar-refractivity contribution is -0.140. The number of carbonyl (C=O) groups excluding carboxylic acids is 4. The molecule has 4 aliphatic rings. The summed E-state index contributed by atoms with van der Waals surface area (Å²) in [5.41, 5.74) is 2.22. The molecule has 1 aliphatic heterocycles. The van der Waals surface area contributed by atoms with Crippen molar-refractivity contribution in [3.05, 3.63) is 79.0 Å². The molecule has 7 nitrogen and oxygen atoms in total. The van der Waals surface area contributed by atoms with Crippen molar-refractivity contribution in [1.82, 2.24) is 4.90 Å². The first kappa shape index (κ1) is 25.0. The number of methoxy groups -OCH3 is 1. The molecule has 2 heterocycles. The number of Topliss-reactive ketones (excluding diaryl/α,β-unsaturated/α-hetero) is 1. The summed E-state index contributed by atoms with van der Waals surface area (Å²) in [5.74, 6) is -3.21. The number of benzene rings is 1. The van der Waals surface area contributed by atoms with Gasteiger partial charge in [0.05, 0.1) is 25.5 Å². The fourth-order valence-electron chi connectivity index (χ4n) is 6.47. The van der Waals surface area contributed by atoms with Crippen LogP contribution >= 0.6 is 27.3 Å². The summed E-state index contributed by atoms with van der Waals surface area (Å²) < 4.78 is 6.02. The van der Waals surface area contributed by atoms with Gasteiger partial charge in [0.2, 0.25) is 11.8 Å². The van der Waals surface area contributed by atoms with Gasteiger partial charge in [-0.05, 0) is 55.3 Å². The van der Waals surface area contributed by atoms with E-state index in [1.807, 2.05) is 23.6 Å². The minimum Gasteiger partial charge on any atom is -0.504 e. The molecule has 3 aliphatic carbocycles. The van der Waals surface area contributed by atoms with E-state index in [1.54, 1.807) is 19.1 Å². The van der Waals surface area contributed by atoms with Crippen LogP contribution < -0.4 is 4.74 Å². The summed E-state index contributed by atoms with van der Waals surface area (Å²) in [6.45, 7) is 1.84. The van der Waals surface area contributed by atoms with Crippen LogP contribution in [-0.4, -0.2) is 40.5 Å². The van der Waals surface area contributed by atoms with Crippen molar-refractivity contribution in [3.8, 4) is 11.5 Å². The molecule has 4 unspecified atom stereocenters. The van der Waals surface area contributed by atoms with E-state index in [0.29, 0.717) is 33.2 Å². The highest BCUT2D eigenvalue weighted by Crippen LogP contribution is 2.57. The quantitative estimate of drug-likeness (QED) is 0.309. The van der Waals surface area contributed by atoms with Crippen LogP contribution in [0.15, 0.2) is 68.6 Å². The number of phenols is 1. The van der Waals surface area contributed by atoms with Gasteiger partial charge in [-0.1, -0.05) is 33.6 Å². The smallest absolute Gasteiger partial charge is 0.234 e. The molecule has 9 heteroatoms. The first-order valence-corrected chi connectivity index (χ1v) is 14.0. The molecular weight excluding hydrogens is 570 g/mol. The molecule has 4 atom stereocenters. The summed E-state index contributed by atoms with van der Waals surface area (Å²) in [4.78, 5) is 56.2. The second-order valence-corrected chi connectivity index (χ2v) is 12.1. The molecule has 0 bridgehead atoms. The van der Waals surface area contributed by atoms with Crippen molar-refractivity contribution in [3.63, 3.8) is 0 Å². The van der Waals surface area contributed by atoms with Crippen LogP contribution in [0.3, 0.4) is 0 Å². The molecule has 0 saturated carbocycles. The van der Waals surface area contributed by atoms with Crippen LogP contribution in [0.5, 0.6) is 11.5 Å². The van der Waals surface area contributed by atoms with Gasteiger partial charge < -0.3 is 9.84 Å². The third-order valence-corrected chi connectivity index (χ3v) is 9.47. The number of carbonyl (C=O) groups is 4. The normalized spacial score (nSPS) is 26.7. The molecule has 1 saturated heterocycles. The molecule has 2 aromatic rings. The molecule has 6 rings (SSSR count). The van der Waals surface area contributed by atoms with Gasteiger partial charge in [0.15, 0.2) is 23.1 Å². The van der Waals surface area contributed by atoms with Crippen LogP contribution in [0.4, 0.5) is 0 Å². The number of ether oxygens (including phenoxy) is 1. The van der Waals surface area contributed by atoms with Crippen LogP contribution in [0.1, 0.15) is 36.1 Å². The number of hydrogen-bond acceptors (Lipinski definition) is 7. The van der Waals surface area contributed by atoms with Crippen molar-refractivity contribution in [2.45, 2.75) is 32.2 Å². The average Bonchev–Trinajstić information content (AvgIpc) is 3.50. The SMILES string of the molecule is COc1cc(Br)cc(C2C3=CCC4C(=O)N(Cc5cccs5)C(=O)C4C3CC3=C2C(=O)C(C)=CC3=O)c1O. The van der Waals surface area contributed by atoms with E-state index in [9.17, 15) is 24.3 Å². The zero-order valence-corrected chi connectivity index (χ0v) is 23.1. The number of likely N-dealkylation sites (tertiary alicyclic amines) is 1. The maximum absolute atomic E-state index is 13.8. The molecule has 0 radical (unpaired) electrons. The van der Waals surface area contributed by atoms with E-state index < -0.39 is 23.7 Å². The number of phenolic OH excluding ortho intramolecular Hbond substituents is 1. The summed E-state index contributed by atoms with van der Waals surface area (Å²) >= 11 is 4.96. The minimum absolute atomic E-state index is 0.128. The highest BCUT2D eigenvalue weighted by Gasteiger charge is 2.56. The number of rotatable bonds is 4. The van der Waals surface area contributed by atoms with Crippen LogP contribution in [0.2, 0.25) is 0 Å². The number of imide groups is 1. The number of nitrogens with zero attached hydrogens (tertiary/aromatic N) is 1. The Hall–Kier alpha value is -3.30. The van der Waals surface area contributed by atoms with Gasteiger partial charge in [-0.2, -0.15) is 0 Å². The number of allylic oxidation sites excluding steroid dienone is 6. The van der Waals surface area contributed by atoms with Crippen LogP contribution in [0.25, 0.3) is 0 Å². The molecule has 0 spiro atoms. The Morgan fingerprint density at radius 3 is 2.66 bits per heavy atom. The molecular formula is C29H24BrNO6S. The lowest BCUT2D eigenvalue weighted by atomic mass is 9.59. The second-order valence-electron chi connectivity index (χ2n) is 10.1. The van der Waals surface area contributed by atoms with Gasteiger partial charge in [0.1, 0.15) is 0 Å². The van der Waals surface area contributed by atoms with Gasteiger partial charge in [0.25, 0.3) is 0 Å². The molecule has 1 N–H and O–H groups in total. The summed E-state index contributed by atoms with van der Waals surface area (Å²) in [5, 5.41) is 13.1. The minimum atomic E-state index is -0.745. The Bertz CT molecular complexity index is 1520. The lowest BCUT2D eigenvalue weighted by Gasteiger charge is -2.42. The van der Waals surface area contributed by atoms with Gasteiger partial charge in [-0.25, -0.2) is 0 Å². The number of amides is 2. The number of halogens is 1. The van der Waals surface area contributed by atoms with E-state index in [4.69, 9.17) is 4.74 Å². The Labute approximate surface area is 231 Å². The average molecular weight is 594 g/mol. The van der Waals surface area contributed by atoms with Crippen LogP contribution in [-0.2, 0) is 25.7 Å². The van der Waals surface area contributed by atoms with Crippen molar-refractivity contribution in [2.24, 2.45) is 17.8 Å². The first-order valence-electron chi connectivity index (χ1n) is 12.4. The summed E-state index contributed by atoms with van der Waals surface area (Å²) in [6.07, 6.45) is 3.84. The van der Waals surface area contributed by atoms with E-state index in [2.05, 4.69) is 15.9 Å². The van der Waals surface area contributed by atoms with Gasteiger partial charge in [0, 0.05) is 37.6 Å². The lowest BCUT2D eigenvalue weighted by Crippen LogP contribution is -2.39. The molecule has 1 aromatic heterocycles. The van der Waals surface area contributed by atoms with Crippen molar-refractivity contribution in [1.29, 1.82) is 0 Å². The Balaban J connectivity index is 1.50. The zero-order valence-electron chi connectivity index (χ0n) is 20.7. The number of aromatic hydroxyl groups is 1. The number of thiophene rings is 1. The first-order chi connectivity index (χ1) is 18.2. The topological polar surface area (TPSA) is 101 Å². The number of ketones is 2. The largest absolute Gasteiger partial charge is 0.504 e. The van der Waals surface area contributed by atoms with E-state index >= 15 is 0 Å². The van der Waals surface area contributed by atoms with Crippen molar-refractivity contribution in [2.75, 3.05) is 7.11 Å². The summed E-state index contributed by atoms with van der Waals surface area (Å²) in [7, 11) is 1.44. The Kier molecular flexibility index (Phi) is 6.03. The van der Waals surface area contributed by atoms with E-state index in [-0.39, 0.29) is 47.8 Å². The van der Waals surface area contributed by atoms with Gasteiger partial charge in [-0.15, -0.1) is 11.3 Å². The number of hydrogen-bond donors (Lipinski definition) is 1. The van der Waals surface area contributed by atoms with E-state index in [0.717, 1.165) is 10.5 Å². The van der Waals surface area contributed by atoms with Crippen molar-refractivity contribution >= 4 is 50.6 Å². The number of fused-ring (bicyclic) bond motifs is 3. The second kappa shape index (κ2) is 9.17. The predicted molar refractivity (Wildman–Crippen MR) is 144 cm³/mol. The van der Waals surface area contributed by atoms with Crippen molar-refractivity contribution < 1.29 is 29.0 Å². The fraction of sp³-hybridized carbons (Fsp3) is 0.310. The fourth-order valence-corrected chi connectivity index (χ4v) is 7.61. The maximum atomic E-state index is 13.8. The highest BCUT2D eigenvalue weighted by atomic mass is 79.9. The Morgan fingerprint density at radius 1 is 1.16 bits per heavy atom. The zero-order chi connectivity index (χ0) is 26.9. The third-order valence-electron chi connectivity index (χ3n) is 8.15. The monoisotopic (exact) mass is 593 g/mol. The predicted octanol–water partition coefficient (Wildman–Crippen LogP) is 4.85. The highest BCUT2D eigenvalue weighted by molar-refractivity contribution is 9.10. The molecule has 38 heavy (non-hydrogen) atoms. The standard InChI is InChI=1S/C29H24BrNO6S/c1-13-8-21(32)19-11-18-16(23(25(19)26(13)33)20-9-14(30)10-22(37-2)27(20)34)5-6-17-24(18)29(36)31(28(17)35)12-15-4-3-7-38-15/h3-5,7-10,17-18,23-24,34H,6,11-12H2,1-2H3. The van der Waals surface area contributed by atoms with Gasteiger partial charge >= 0.3 is 0 Å². The molecule has 2 amide bonds. The Morgan fingerprint density at radius 2 is 1.95 bits per heavy atom. The molecule has 194 valence electrons. The maximum Gasteiger partial charge on any atom is 0.234 e. The van der Waals surface area contributed by atoms with E-state index in [1.165, 1.54) is 29.4 Å². The van der Waals surface area contributed by atoms with Crippen LogP contribution in [0, 0.1) is 17.8 Å². The summed E-state index contributed by atoms with van der Waals surface area (Å²) in [6, 6.07) is 7.13. The third kappa shape index (κ3) is 3.66.